The lowest BCUT2D eigenvalue weighted by molar-refractivity contribution is 0.105. The third-order valence-electron chi connectivity index (χ3n) is 2.91. The van der Waals surface area contributed by atoms with Crippen molar-refractivity contribution in [3.8, 4) is 0 Å². The number of benzene rings is 1. The van der Waals surface area contributed by atoms with Gasteiger partial charge >= 0.3 is 0 Å². The summed E-state index contributed by atoms with van der Waals surface area (Å²) in [5.74, 6) is 0.126. The van der Waals surface area contributed by atoms with Crippen LogP contribution in [0.2, 0.25) is 0 Å². The average molecular weight is 309 g/mol. The van der Waals surface area contributed by atoms with E-state index in [4.69, 9.17) is 0 Å². The molecule has 1 aromatic carbocycles. The van der Waals surface area contributed by atoms with Gasteiger partial charge in [-0.3, -0.25) is 4.57 Å². The first-order valence-electron chi connectivity index (χ1n) is 6.58. The number of rotatable bonds is 5. The van der Waals surface area contributed by atoms with Crippen LogP contribution < -0.4 is 0 Å². The molecule has 0 saturated carbocycles. The van der Waals surface area contributed by atoms with Gasteiger partial charge in [-0.1, -0.05) is 30.3 Å². The molecule has 6 nitrogen and oxygen atoms in total. The summed E-state index contributed by atoms with van der Waals surface area (Å²) in [5.41, 5.74) is -0.365. The van der Waals surface area contributed by atoms with Crippen LogP contribution in [0, 0.1) is 6.92 Å². The standard InChI is InChI=1S/C14H19N3O3S/c1-11-15-16-13(21(19,20)10-14(2,3)18)17(11)9-12-7-5-4-6-8-12/h4-8,18H,9-10H2,1-3H3. The van der Waals surface area contributed by atoms with Gasteiger partial charge in [-0.2, -0.15) is 0 Å². The highest BCUT2D eigenvalue weighted by molar-refractivity contribution is 7.91. The Kier molecular flexibility index (Phi) is 4.15. The van der Waals surface area contributed by atoms with E-state index in [9.17, 15) is 13.5 Å². The fraction of sp³-hybridized carbons (Fsp3) is 0.429. The number of nitrogens with zero attached hydrogens (tertiary/aromatic N) is 3. The lowest BCUT2D eigenvalue weighted by Gasteiger charge is -2.17. The normalized spacial score (nSPS) is 12.6. The molecule has 2 aromatic rings. The zero-order chi connectivity index (χ0) is 15.7. The van der Waals surface area contributed by atoms with Crippen LogP contribution >= 0.6 is 0 Å². The molecule has 0 fully saturated rings. The molecule has 0 amide bonds. The minimum absolute atomic E-state index is 0.106. The molecular weight excluding hydrogens is 290 g/mol. The second kappa shape index (κ2) is 5.57. The predicted molar refractivity (Wildman–Crippen MR) is 78.7 cm³/mol. The Morgan fingerprint density at radius 3 is 2.38 bits per heavy atom. The van der Waals surface area contributed by atoms with E-state index in [0.717, 1.165) is 5.56 Å². The summed E-state index contributed by atoms with van der Waals surface area (Å²) in [6.07, 6.45) is 0. The second-order valence-corrected chi connectivity index (χ2v) is 7.56. The molecule has 0 aliphatic carbocycles. The summed E-state index contributed by atoms with van der Waals surface area (Å²) in [5, 5.41) is 17.3. The Labute approximate surface area is 124 Å². The zero-order valence-electron chi connectivity index (χ0n) is 12.3. The lowest BCUT2D eigenvalue weighted by Crippen LogP contribution is -2.31. The Morgan fingerprint density at radius 2 is 1.81 bits per heavy atom. The van der Waals surface area contributed by atoms with Crippen LogP contribution in [-0.2, 0) is 16.4 Å². The Hall–Kier alpha value is -1.73. The molecule has 21 heavy (non-hydrogen) atoms. The van der Waals surface area contributed by atoms with Crippen LogP contribution in [0.3, 0.4) is 0 Å². The van der Waals surface area contributed by atoms with Crippen LogP contribution in [0.25, 0.3) is 0 Å². The zero-order valence-corrected chi connectivity index (χ0v) is 13.1. The SMILES string of the molecule is Cc1nnc(S(=O)(=O)CC(C)(C)O)n1Cc1ccccc1. The Balaban J connectivity index is 2.39. The van der Waals surface area contributed by atoms with Gasteiger partial charge in [0, 0.05) is 0 Å². The number of hydrogen-bond donors (Lipinski definition) is 1. The first-order chi connectivity index (χ1) is 9.69. The van der Waals surface area contributed by atoms with Crippen molar-refractivity contribution in [3.63, 3.8) is 0 Å². The first kappa shape index (κ1) is 15.7. The van der Waals surface area contributed by atoms with Crippen molar-refractivity contribution < 1.29 is 13.5 Å². The summed E-state index contributed by atoms with van der Waals surface area (Å²) in [6, 6.07) is 9.49. The van der Waals surface area contributed by atoms with Gasteiger partial charge in [0.25, 0.3) is 0 Å². The molecule has 1 N–H and O–H groups in total. The smallest absolute Gasteiger partial charge is 0.250 e. The maximum atomic E-state index is 12.4. The molecule has 0 radical (unpaired) electrons. The number of sulfone groups is 1. The number of hydrogen-bond acceptors (Lipinski definition) is 5. The highest BCUT2D eigenvalue weighted by Crippen LogP contribution is 2.17. The molecule has 1 heterocycles. The summed E-state index contributed by atoms with van der Waals surface area (Å²) < 4.78 is 26.3. The van der Waals surface area contributed by atoms with E-state index in [1.54, 1.807) is 11.5 Å². The van der Waals surface area contributed by atoms with E-state index >= 15 is 0 Å². The van der Waals surface area contributed by atoms with Crippen LogP contribution in [0.1, 0.15) is 25.2 Å². The maximum Gasteiger partial charge on any atom is 0.250 e. The topological polar surface area (TPSA) is 85.1 Å². The monoisotopic (exact) mass is 309 g/mol. The molecule has 114 valence electrons. The van der Waals surface area contributed by atoms with Crippen molar-refractivity contribution in [2.45, 2.75) is 38.1 Å². The number of aromatic nitrogens is 3. The first-order valence-corrected chi connectivity index (χ1v) is 8.23. The van der Waals surface area contributed by atoms with Gasteiger partial charge in [0.05, 0.1) is 17.9 Å². The van der Waals surface area contributed by atoms with Crippen molar-refractivity contribution in [3.05, 3.63) is 41.7 Å². The van der Waals surface area contributed by atoms with Gasteiger partial charge < -0.3 is 5.11 Å². The van der Waals surface area contributed by atoms with Crippen LogP contribution in [0.5, 0.6) is 0 Å². The summed E-state index contributed by atoms with van der Waals surface area (Å²) in [6.45, 7) is 4.99. The van der Waals surface area contributed by atoms with E-state index in [1.807, 2.05) is 30.3 Å². The highest BCUT2D eigenvalue weighted by Gasteiger charge is 2.30. The summed E-state index contributed by atoms with van der Waals surface area (Å²) in [7, 11) is -3.71. The molecule has 0 saturated heterocycles. The molecule has 0 aliphatic heterocycles. The van der Waals surface area contributed by atoms with Gasteiger partial charge in [-0.05, 0) is 26.3 Å². The minimum Gasteiger partial charge on any atom is -0.389 e. The lowest BCUT2D eigenvalue weighted by atomic mass is 10.2. The maximum absolute atomic E-state index is 12.4. The Bertz CT molecular complexity index is 716. The minimum atomic E-state index is -3.71. The molecule has 7 heteroatoms. The van der Waals surface area contributed by atoms with Gasteiger partial charge in [0.1, 0.15) is 5.82 Å². The largest absolute Gasteiger partial charge is 0.389 e. The van der Waals surface area contributed by atoms with E-state index in [0.29, 0.717) is 12.4 Å². The van der Waals surface area contributed by atoms with E-state index < -0.39 is 21.2 Å². The average Bonchev–Trinajstić information content (AvgIpc) is 2.70. The fourth-order valence-electron chi connectivity index (χ4n) is 2.07. The predicted octanol–water partition coefficient (Wildman–Crippen LogP) is 1.18. The van der Waals surface area contributed by atoms with E-state index in [1.165, 1.54) is 13.8 Å². The Morgan fingerprint density at radius 1 is 1.19 bits per heavy atom. The van der Waals surface area contributed by atoms with E-state index in [-0.39, 0.29) is 5.16 Å². The van der Waals surface area contributed by atoms with E-state index in [2.05, 4.69) is 10.2 Å². The molecule has 0 bridgehead atoms. The molecule has 2 rings (SSSR count). The molecular formula is C14H19N3O3S. The third kappa shape index (κ3) is 3.89. The quantitative estimate of drug-likeness (QED) is 0.896. The molecule has 1 aromatic heterocycles. The molecule has 0 unspecified atom stereocenters. The van der Waals surface area contributed by atoms with Gasteiger partial charge in [0.15, 0.2) is 0 Å². The summed E-state index contributed by atoms with van der Waals surface area (Å²) in [4.78, 5) is 0. The summed E-state index contributed by atoms with van der Waals surface area (Å²) >= 11 is 0. The van der Waals surface area contributed by atoms with Crippen molar-refractivity contribution in [2.75, 3.05) is 5.75 Å². The molecule has 0 spiro atoms. The van der Waals surface area contributed by atoms with Gasteiger partial charge in [-0.25, -0.2) is 8.42 Å². The van der Waals surface area contributed by atoms with Crippen molar-refractivity contribution >= 4 is 9.84 Å². The van der Waals surface area contributed by atoms with Crippen LogP contribution in [0.15, 0.2) is 35.5 Å². The van der Waals surface area contributed by atoms with Crippen molar-refractivity contribution in [1.82, 2.24) is 14.8 Å². The second-order valence-electron chi connectivity index (χ2n) is 5.67. The van der Waals surface area contributed by atoms with Crippen molar-refractivity contribution in [2.24, 2.45) is 0 Å². The number of aryl methyl sites for hydroxylation is 1. The highest BCUT2D eigenvalue weighted by atomic mass is 32.2. The van der Waals surface area contributed by atoms with Gasteiger partial charge in [-0.15, -0.1) is 10.2 Å². The number of aliphatic hydroxyl groups is 1. The van der Waals surface area contributed by atoms with Gasteiger partial charge in [0.2, 0.25) is 15.0 Å². The molecule has 0 aliphatic rings. The third-order valence-corrected chi connectivity index (χ3v) is 4.85. The molecule has 0 atom stereocenters. The fourth-order valence-corrected chi connectivity index (χ4v) is 3.83. The van der Waals surface area contributed by atoms with Crippen molar-refractivity contribution in [1.29, 1.82) is 0 Å². The van der Waals surface area contributed by atoms with Crippen LogP contribution in [0.4, 0.5) is 0 Å². The van der Waals surface area contributed by atoms with Crippen LogP contribution in [-0.4, -0.2) is 39.6 Å².